The van der Waals surface area contributed by atoms with Crippen molar-refractivity contribution >= 4 is 20.9 Å². The number of hydrogen-bond acceptors (Lipinski definition) is 0. The van der Waals surface area contributed by atoms with Crippen molar-refractivity contribution in [3.05, 3.63) is 46.8 Å². The first kappa shape index (κ1) is 11.2. The Kier molecular flexibility index (Phi) is 3.49. The molecule has 2 rings (SSSR count). The van der Waals surface area contributed by atoms with Crippen molar-refractivity contribution in [1.29, 1.82) is 0 Å². The first-order chi connectivity index (χ1) is 7.16. The van der Waals surface area contributed by atoms with Crippen LogP contribution in [0.25, 0.3) is 0 Å². The van der Waals surface area contributed by atoms with E-state index in [1.54, 1.807) is 23.3 Å². The molecule has 0 bridgehead atoms. The normalized spacial score (nSPS) is 21.9. The van der Waals surface area contributed by atoms with Gasteiger partial charge >= 0.3 is 101 Å². The van der Waals surface area contributed by atoms with Gasteiger partial charge in [-0.15, -0.1) is 0 Å². The summed E-state index contributed by atoms with van der Waals surface area (Å²) in [7, 11) is 0. The van der Waals surface area contributed by atoms with E-state index in [-0.39, 0.29) is 26.7 Å². The van der Waals surface area contributed by atoms with Gasteiger partial charge in [-0.2, -0.15) is 0 Å². The fourth-order valence-electron chi connectivity index (χ4n) is 1.75. The second kappa shape index (κ2) is 4.68. The third-order valence-electron chi connectivity index (χ3n) is 2.96. The summed E-state index contributed by atoms with van der Waals surface area (Å²) in [6, 6.07) is 7.09. The number of allylic oxidation sites excluding steroid dienone is 2. The van der Waals surface area contributed by atoms with Crippen LogP contribution < -0.4 is 0 Å². The Morgan fingerprint density at radius 3 is 2.40 bits per heavy atom. The van der Waals surface area contributed by atoms with E-state index in [0.29, 0.717) is 0 Å². The van der Waals surface area contributed by atoms with Gasteiger partial charge in [0.05, 0.1) is 0 Å². The predicted molar refractivity (Wildman–Crippen MR) is 62.7 cm³/mol. The van der Waals surface area contributed by atoms with E-state index in [1.165, 1.54) is 16.5 Å². The summed E-state index contributed by atoms with van der Waals surface area (Å²) in [5, 5.41) is 0. The second-order valence-corrected chi connectivity index (χ2v) is 7.52. The molecular weight excluding hydrogens is 303 g/mol. The molecule has 0 aliphatic carbocycles. The molecule has 1 aliphatic heterocycles. The van der Waals surface area contributed by atoms with E-state index >= 15 is 0 Å². The molecule has 0 radical (unpaired) electrons. The van der Waals surface area contributed by atoms with Crippen LogP contribution in [-0.2, 0) is 0 Å². The molecule has 0 saturated carbocycles. The van der Waals surface area contributed by atoms with Crippen molar-refractivity contribution in [3.63, 3.8) is 0 Å². The Balaban J connectivity index is 2.17. The van der Waals surface area contributed by atoms with Gasteiger partial charge in [-0.1, -0.05) is 0 Å². The summed E-state index contributed by atoms with van der Waals surface area (Å²) in [5.41, 5.74) is 4.47. The molecule has 0 saturated heterocycles. The van der Waals surface area contributed by atoms with E-state index < -0.39 is 0 Å². The minimum atomic E-state index is -0.126. The van der Waals surface area contributed by atoms with Crippen LogP contribution in [0.3, 0.4) is 0 Å². The number of benzene rings is 1. The molecule has 0 spiro atoms. The fraction of sp³-hybridized carbons (Fsp3) is 0.385. The van der Waals surface area contributed by atoms with E-state index in [1.807, 2.05) is 12.1 Å². The summed E-state index contributed by atoms with van der Waals surface area (Å²) in [6.07, 6.45) is 1.19. The van der Waals surface area contributed by atoms with Crippen LogP contribution in [-0.4, -0.2) is 20.9 Å². The Morgan fingerprint density at radius 1 is 1.13 bits per heavy atom. The third-order valence-corrected chi connectivity index (χ3v) is 7.08. The molecule has 0 N–H and O–H groups in total. The van der Waals surface area contributed by atoms with E-state index in [0.717, 1.165) is 3.97 Å². The predicted octanol–water partition coefficient (Wildman–Crippen LogP) is 3.73. The Morgan fingerprint density at radius 2 is 1.80 bits per heavy atom. The van der Waals surface area contributed by atoms with Gasteiger partial charge in [-0.25, -0.2) is 0 Å². The molecule has 80 valence electrons. The second-order valence-electron chi connectivity index (χ2n) is 4.12. The van der Waals surface area contributed by atoms with Crippen molar-refractivity contribution in [2.24, 2.45) is 0 Å². The van der Waals surface area contributed by atoms with E-state index in [4.69, 9.17) is 0 Å². The van der Waals surface area contributed by atoms with E-state index in [2.05, 4.69) is 13.8 Å². The molecule has 0 amide bonds. The zero-order valence-electron chi connectivity index (χ0n) is 9.09. The van der Waals surface area contributed by atoms with Gasteiger partial charge in [0.1, 0.15) is 0 Å². The van der Waals surface area contributed by atoms with Gasteiger partial charge < -0.3 is 0 Å². The molecule has 2 heteroatoms. The SMILES string of the molecule is CC1=C(C)CC(c2ccc(F)cc2)[Te]C1. The first-order valence-corrected chi connectivity index (χ1v) is 8.18. The molecule has 0 nitrogen and oxygen atoms in total. The maximum atomic E-state index is 12.8. The summed E-state index contributed by atoms with van der Waals surface area (Å²) in [5.74, 6) is -0.126. The minimum absolute atomic E-state index is 0.0324. The van der Waals surface area contributed by atoms with Crippen LogP contribution in [0.15, 0.2) is 35.4 Å². The van der Waals surface area contributed by atoms with Crippen LogP contribution in [0, 0.1) is 5.82 Å². The maximum absolute atomic E-state index is 12.8. The van der Waals surface area contributed by atoms with Crippen LogP contribution in [0.2, 0.25) is 4.47 Å². The van der Waals surface area contributed by atoms with E-state index in [9.17, 15) is 4.39 Å². The van der Waals surface area contributed by atoms with Gasteiger partial charge in [-0.3, -0.25) is 0 Å². The van der Waals surface area contributed by atoms with Crippen LogP contribution in [0.5, 0.6) is 0 Å². The van der Waals surface area contributed by atoms with Gasteiger partial charge in [0, 0.05) is 0 Å². The molecular formula is C13H15FTe. The van der Waals surface area contributed by atoms with Gasteiger partial charge in [-0.05, 0) is 0 Å². The molecule has 15 heavy (non-hydrogen) atoms. The molecule has 1 atom stereocenters. The van der Waals surface area contributed by atoms with Crippen LogP contribution in [0.1, 0.15) is 29.8 Å². The average Bonchev–Trinajstić information content (AvgIpc) is 2.23. The summed E-state index contributed by atoms with van der Waals surface area (Å²) < 4.78 is 14.8. The van der Waals surface area contributed by atoms with Crippen LogP contribution >= 0.6 is 0 Å². The zero-order chi connectivity index (χ0) is 10.8. The number of hydrogen-bond donors (Lipinski definition) is 0. The molecule has 0 fully saturated rings. The molecule has 1 aliphatic rings. The van der Waals surface area contributed by atoms with Gasteiger partial charge in [0.25, 0.3) is 0 Å². The number of rotatable bonds is 1. The zero-order valence-corrected chi connectivity index (χ0v) is 11.4. The Hall–Kier alpha value is -0.320. The topological polar surface area (TPSA) is 0 Å². The molecule has 1 aromatic rings. The van der Waals surface area contributed by atoms with Gasteiger partial charge in [0.2, 0.25) is 0 Å². The summed E-state index contributed by atoms with van der Waals surface area (Å²) in [4.78, 5) is 0. The van der Waals surface area contributed by atoms with Gasteiger partial charge in [0.15, 0.2) is 0 Å². The van der Waals surface area contributed by atoms with Crippen molar-refractivity contribution in [1.82, 2.24) is 0 Å². The average molecular weight is 318 g/mol. The van der Waals surface area contributed by atoms with Crippen LogP contribution in [0.4, 0.5) is 4.39 Å². The third kappa shape index (κ3) is 2.62. The first-order valence-electron chi connectivity index (χ1n) is 5.19. The summed E-state index contributed by atoms with van der Waals surface area (Å²) in [6.45, 7) is 4.49. The Labute approximate surface area is 101 Å². The monoisotopic (exact) mass is 320 g/mol. The number of halogens is 1. The van der Waals surface area contributed by atoms with Crippen molar-refractivity contribution in [2.75, 3.05) is 0 Å². The van der Waals surface area contributed by atoms with Crippen molar-refractivity contribution in [3.8, 4) is 0 Å². The fourth-order valence-corrected chi connectivity index (χ4v) is 5.79. The molecule has 1 aromatic carbocycles. The molecule has 0 aromatic heterocycles. The Bertz CT molecular complexity index is 378. The molecule has 1 heterocycles. The quantitative estimate of drug-likeness (QED) is 0.547. The summed E-state index contributed by atoms with van der Waals surface area (Å²) >= 11 is 0.0324. The molecule has 1 unspecified atom stereocenters. The standard InChI is InChI=1S/C13H15FTe/c1-9-7-13(15-8-10(9)2)11-3-5-12(14)6-4-11/h3-6,13H,7-8H2,1-2H3. The van der Waals surface area contributed by atoms with Crippen molar-refractivity contribution < 1.29 is 4.39 Å². The van der Waals surface area contributed by atoms with Crippen molar-refractivity contribution in [2.45, 2.75) is 28.7 Å².